The van der Waals surface area contributed by atoms with Crippen LogP contribution < -0.4 is 0 Å². The number of benzene rings is 1. The van der Waals surface area contributed by atoms with Crippen molar-refractivity contribution in [3.05, 3.63) is 47.7 Å². The molecule has 0 aliphatic heterocycles. The molecule has 1 aliphatic carbocycles. The lowest BCUT2D eigenvalue weighted by molar-refractivity contribution is -0.0817. The molecule has 1 aromatic carbocycles. The zero-order valence-electron chi connectivity index (χ0n) is 14.3. The van der Waals surface area contributed by atoms with Gasteiger partial charge in [0.1, 0.15) is 6.61 Å². The van der Waals surface area contributed by atoms with E-state index in [4.69, 9.17) is 4.74 Å². The van der Waals surface area contributed by atoms with Gasteiger partial charge in [-0.05, 0) is 48.6 Å². The van der Waals surface area contributed by atoms with E-state index in [0.717, 1.165) is 11.5 Å². The van der Waals surface area contributed by atoms with Gasteiger partial charge in [-0.1, -0.05) is 50.5 Å². The highest BCUT2D eigenvalue weighted by molar-refractivity contribution is 5.25. The number of ether oxygens (including phenoxy) is 1. The number of allylic oxidation sites excluding steroid dienone is 1. The summed E-state index contributed by atoms with van der Waals surface area (Å²) >= 11 is 0. The Hall–Kier alpha value is -1.45. The van der Waals surface area contributed by atoms with Crippen molar-refractivity contribution >= 4 is 0 Å². The summed E-state index contributed by atoms with van der Waals surface area (Å²) in [5.41, 5.74) is 2.24. The number of rotatable bonds is 7. The Morgan fingerprint density at radius 2 is 1.75 bits per heavy atom. The predicted octanol–water partition coefficient (Wildman–Crippen LogP) is 6.74. The molecule has 0 bridgehead atoms. The van der Waals surface area contributed by atoms with Crippen molar-refractivity contribution in [1.29, 1.82) is 0 Å². The first-order valence-electron chi connectivity index (χ1n) is 8.93. The number of alkyl halides is 3. The van der Waals surface area contributed by atoms with Crippen LogP contribution in [0, 0.1) is 5.92 Å². The van der Waals surface area contributed by atoms with E-state index in [-0.39, 0.29) is 12.7 Å². The summed E-state index contributed by atoms with van der Waals surface area (Å²) in [6.07, 6.45) is 5.62. The molecule has 0 N–H and O–H groups in total. The van der Waals surface area contributed by atoms with Crippen molar-refractivity contribution in [1.82, 2.24) is 0 Å². The summed E-state index contributed by atoms with van der Waals surface area (Å²) in [4.78, 5) is 0. The second-order valence-electron chi connectivity index (χ2n) is 6.76. The fraction of sp³-hybridized carbons (Fsp3) is 0.600. The van der Waals surface area contributed by atoms with Gasteiger partial charge in [-0.25, -0.2) is 0 Å². The molecule has 0 amide bonds. The minimum absolute atomic E-state index is 0.109. The van der Waals surface area contributed by atoms with Gasteiger partial charge in [0, 0.05) is 0 Å². The number of hydrogen-bond acceptors (Lipinski definition) is 1. The monoisotopic (exact) mass is 340 g/mol. The molecule has 0 spiro atoms. The zero-order valence-corrected chi connectivity index (χ0v) is 14.3. The molecule has 1 nitrogen and oxygen atoms in total. The highest BCUT2D eigenvalue weighted by atomic mass is 19.4. The summed E-state index contributed by atoms with van der Waals surface area (Å²) in [6, 6.07) is 8.12. The molecule has 0 aromatic heterocycles. The maximum absolute atomic E-state index is 12.0. The van der Waals surface area contributed by atoms with E-state index in [9.17, 15) is 13.2 Å². The highest BCUT2D eigenvalue weighted by Crippen LogP contribution is 2.37. The summed E-state index contributed by atoms with van der Waals surface area (Å²) in [7, 11) is 0. The van der Waals surface area contributed by atoms with Gasteiger partial charge in [0.25, 0.3) is 0 Å². The summed E-state index contributed by atoms with van der Waals surface area (Å²) in [5.74, 6) is 1.53. The van der Waals surface area contributed by atoms with Crippen molar-refractivity contribution < 1.29 is 17.9 Å². The van der Waals surface area contributed by atoms with E-state index >= 15 is 0 Å². The minimum Gasteiger partial charge on any atom is -0.497 e. The summed E-state index contributed by atoms with van der Waals surface area (Å²) in [5, 5.41) is 0. The maximum Gasteiger partial charge on any atom is 0.412 e. The Kier molecular flexibility index (Phi) is 7.19. The molecule has 2 rings (SSSR count). The SMILES string of the molecule is CCCCC1CCC(c2ccc(CO/C=C\C(F)(F)F)cc2)CC1. The lowest BCUT2D eigenvalue weighted by Crippen LogP contribution is -2.13. The molecule has 0 saturated heterocycles. The van der Waals surface area contributed by atoms with Crippen LogP contribution in [0.5, 0.6) is 0 Å². The van der Waals surface area contributed by atoms with Gasteiger partial charge in [-0.15, -0.1) is 0 Å². The van der Waals surface area contributed by atoms with Gasteiger partial charge in [0.2, 0.25) is 0 Å². The van der Waals surface area contributed by atoms with Gasteiger partial charge < -0.3 is 4.74 Å². The molecule has 1 aliphatic rings. The number of hydrogen-bond donors (Lipinski definition) is 0. The molecule has 0 atom stereocenters. The quantitative estimate of drug-likeness (QED) is 0.499. The van der Waals surface area contributed by atoms with Crippen LogP contribution in [0.4, 0.5) is 13.2 Å². The first kappa shape index (κ1) is 18.9. The van der Waals surface area contributed by atoms with Crippen LogP contribution in [-0.2, 0) is 11.3 Å². The van der Waals surface area contributed by atoms with E-state index in [1.54, 1.807) is 0 Å². The first-order chi connectivity index (χ1) is 11.5. The van der Waals surface area contributed by atoms with Crippen LogP contribution in [0.15, 0.2) is 36.6 Å². The maximum atomic E-state index is 12.0. The molecule has 1 aromatic rings. The molecule has 4 heteroatoms. The largest absolute Gasteiger partial charge is 0.497 e. The molecule has 0 heterocycles. The van der Waals surface area contributed by atoms with E-state index in [0.29, 0.717) is 12.2 Å². The average molecular weight is 340 g/mol. The van der Waals surface area contributed by atoms with Gasteiger partial charge >= 0.3 is 6.18 Å². The highest BCUT2D eigenvalue weighted by Gasteiger charge is 2.23. The van der Waals surface area contributed by atoms with Crippen molar-refractivity contribution in [2.45, 2.75) is 70.6 Å². The second kappa shape index (κ2) is 9.14. The minimum atomic E-state index is -4.32. The van der Waals surface area contributed by atoms with Crippen molar-refractivity contribution in [3.8, 4) is 0 Å². The molecule has 1 fully saturated rings. The van der Waals surface area contributed by atoms with Crippen LogP contribution in [0.1, 0.15) is 68.9 Å². The molecule has 1 saturated carbocycles. The normalized spacial score (nSPS) is 22.0. The fourth-order valence-electron chi connectivity index (χ4n) is 3.43. The number of halogens is 3. The van der Waals surface area contributed by atoms with Crippen LogP contribution in [0.2, 0.25) is 0 Å². The molecule has 24 heavy (non-hydrogen) atoms. The fourth-order valence-corrected chi connectivity index (χ4v) is 3.43. The van der Waals surface area contributed by atoms with E-state index in [2.05, 4.69) is 19.1 Å². The van der Waals surface area contributed by atoms with Gasteiger partial charge in [0.05, 0.1) is 12.3 Å². The van der Waals surface area contributed by atoms with Crippen LogP contribution >= 0.6 is 0 Å². The summed E-state index contributed by atoms with van der Waals surface area (Å²) < 4.78 is 40.8. The Bertz CT molecular complexity index is 497. The standard InChI is InChI=1S/C20H27F3O/c1-2-3-4-16-5-9-18(10-6-16)19-11-7-17(8-12-19)15-24-14-13-20(21,22)23/h7-8,11-14,16,18H,2-6,9-10,15H2,1H3/b14-13-. The topological polar surface area (TPSA) is 9.23 Å². The van der Waals surface area contributed by atoms with Crippen LogP contribution in [0.3, 0.4) is 0 Å². The smallest absolute Gasteiger partial charge is 0.412 e. The van der Waals surface area contributed by atoms with Crippen molar-refractivity contribution in [2.24, 2.45) is 5.92 Å². The Balaban J connectivity index is 1.77. The first-order valence-corrected chi connectivity index (χ1v) is 8.93. The van der Waals surface area contributed by atoms with E-state index in [1.807, 2.05) is 12.1 Å². The second-order valence-corrected chi connectivity index (χ2v) is 6.76. The predicted molar refractivity (Wildman–Crippen MR) is 90.7 cm³/mol. The third-order valence-corrected chi connectivity index (χ3v) is 4.87. The molecule has 134 valence electrons. The van der Waals surface area contributed by atoms with Crippen LogP contribution in [-0.4, -0.2) is 6.18 Å². The lowest BCUT2D eigenvalue weighted by Gasteiger charge is -2.29. The van der Waals surface area contributed by atoms with Gasteiger partial charge in [-0.2, -0.15) is 13.2 Å². The molecular formula is C20H27F3O. The Labute approximate surface area is 142 Å². The lowest BCUT2D eigenvalue weighted by atomic mass is 9.77. The van der Waals surface area contributed by atoms with Gasteiger partial charge in [-0.3, -0.25) is 0 Å². The molecular weight excluding hydrogens is 313 g/mol. The van der Waals surface area contributed by atoms with Crippen molar-refractivity contribution in [3.63, 3.8) is 0 Å². The summed E-state index contributed by atoms with van der Waals surface area (Å²) in [6.45, 7) is 2.41. The number of unbranched alkanes of at least 4 members (excludes halogenated alkanes) is 1. The van der Waals surface area contributed by atoms with E-state index < -0.39 is 6.18 Å². The Morgan fingerprint density at radius 3 is 2.33 bits per heavy atom. The Morgan fingerprint density at radius 1 is 1.08 bits per heavy atom. The third-order valence-electron chi connectivity index (χ3n) is 4.87. The molecule has 0 unspecified atom stereocenters. The van der Waals surface area contributed by atoms with Crippen LogP contribution in [0.25, 0.3) is 0 Å². The van der Waals surface area contributed by atoms with Crippen molar-refractivity contribution in [2.75, 3.05) is 0 Å². The molecule has 0 radical (unpaired) electrons. The van der Waals surface area contributed by atoms with Gasteiger partial charge in [0.15, 0.2) is 0 Å². The average Bonchev–Trinajstić information content (AvgIpc) is 2.57. The van der Waals surface area contributed by atoms with E-state index in [1.165, 1.54) is 50.5 Å². The third kappa shape index (κ3) is 6.58. The zero-order chi connectivity index (χ0) is 17.4.